The van der Waals surface area contributed by atoms with E-state index < -0.39 is 25.1 Å². The maximum Gasteiger partial charge on any atom is 0.407 e. The summed E-state index contributed by atoms with van der Waals surface area (Å²) in [5.41, 5.74) is -0.177. The molecule has 4 unspecified atom stereocenters. The second-order valence-electron chi connectivity index (χ2n) is 10.7. The number of rotatable bonds is 7. The van der Waals surface area contributed by atoms with E-state index in [1.54, 1.807) is 45.0 Å². The summed E-state index contributed by atoms with van der Waals surface area (Å²) >= 11 is 0. The Morgan fingerprint density at radius 3 is 2.22 bits per heavy atom. The lowest BCUT2D eigenvalue weighted by Crippen LogP contribution is -2.48. The zero-order valence-electron chi connectivity index (χ0n) is 20.1. The third-order valence-electron chi connectivity index (χ3n) is 6.85. The van der Waals surface area contributed by atoms with Crippen LogP contribution in [0, 0.1) is 23.7 Å². The zero-order valence-corrected chi connectivity index (χ0v) is 21.0. The van der Waals surface area contributed by atoms with Gasteiger partial charge in [0.15, 0.2) is 0 Å². The second-order valence-corrected chi connectivity index (χ2v) is 12.4. The number of hydrogen-bond acceptors (Lipinski definition) is 4. The van der Waals surface area contributed by atoms with E-state index in [0.29, 0.717) is 28.9 Å². The van der Waals surface area contributed by atoms with Crippen LogP contribution in [0.3, 0.4) is 0 Å². The van der Waals surface area contributed by atoms with Crippen LogP contribution in [0.15, 0.2) is 24.3 Å². The van der Waals surface area contributed by atoms with E-state index in [-0.39, 0.29) is 19.2 Å². The molecule has 4 atom stereocenters. The Kier molecular flexibility index (Phi) is 7.36. The number of benzene rings is 1. The first-order valence-corrected chi connectivity index (χ1v) is 13.1. The first-order valence-electron chi connectivity index (χ1n) is 11.5. The third kappa shape index (κ3) is 5.17. The highest BCUT2D eigenvalue weighted by Gasteiger charge is 2.45. The van der Waals surface area contributed by atoms with Gasteiger partial charge in [-0.25, -0.2) is 4.57 Å². The molecule has 2 amide bonds. The zero-order chi connectivity index (χ0) is 23.8. The Morgan fingerprint density at radius 1 is 1.16 bits per heavy atom. The highest BCUT2D eigenvalue weighted by atomic mass is 31.2. The van der Waals surface area contributed by atoms with Gasteiger partial charge in [0, 0.05) is 5.54 Å². The van der Waals surface area contributed by atoms with Crippen LogP contribution in [0.2, 0.25) is 0 Å². The van der Waals surface area contributed by atoms with Crippen molar-refractivity contribution in [3.8, 4) is 0 Å². The molecule has 1 saturated carbocycles. The monoisotopic (exact) mass is 464 g/mol. The van der Waals surface area contributed by atoms with Crippen molar-refractivity contribution < 1.29 is 23.6 Å². The number of imide groups is 1. The van der Waals surface area contributed by atoms with Gasteiger partial charge in [0.05, 0.1) is 24.4 Å². The first kappa shape index (κ1) is 25.1. The standard InChI is InChI=1S/C24H37N2O5P/c1-16(2)19-12-11-17(3)13-18(19)14-31-32(29,30)26(24(4,5)6)15-25-22(27)20-9-7-8-10-21(20)23(25)28/h7-10,16-19H,11-15H2,1-6H3,(H,29,30). The molecule has 1 aliphatic heterocycles. The molecule has 1 aromatic carbocycles. The van der Waals surface area contributed by atoms with Gasteiger partial charge in [-0.2, -0.15) is 4.67 Å². The predicted octanol–water partition coefficient (Wildman–Crippen LogP) is 5.17. The molecule has 0 bridgehead atoms. The van der Waals surface area contributed by atoms with E-state index in [1.807, 2.05) is 0 Å². The van der Waals surface area contributed by atoms with Crippen LogP contribution in [-0.2, 0) is 9.09 Å². The van der Waals surface area contributed by atoms with Gasteiger partial charge in [-0.05, 0) is 69.4 Å². The summed E-state index contributed by atoms with van der Waals surface area (Å²) in [5, 5.41) is 0. The van der Waals surface area contributed by atoms with E-state index in [2.05, 4.69) is 20.8 Å². The molecular weight excluding hydrogens is 427 g/mol. The number of carbonyl (C=O) groups is 2. The van der Waals surface area contributed by atoms with Gasteiger partial charge in [0.2, 0.25) is 0 Å². The van der Waals surface area contributed by atoms with E-state index in [1.165, 1.54) is 11.1 Å². The fourth-order valence-corrected chi connectivity index (χ4v) is 6.60. The summed E-state index contributed by atoms with van der Waals surface area (Å²) in [6.45, 7) is 11.8. The highest BCUT2D eigenvalue weighted by Crippen LogP contribution is 2.52. The molecule has 1 N–H and O–H groups in total. The van der Waals surface area contributed by atoms with Crippen molar-refractivity contribution in [2.75, 3.05) is 13.3 Å². The Morgan fingerprint density at radius 2 is 1.72 bits per heavy atom. The number of nitrogens with zero attached hydrogens (tertiary/aromatic N) is 2. The summed E-state index contributed by atoms with van der Waals surface area (Å²) in [5.74, 6) is 0.785. The Bertz CT molecular complexity index is 875. The molecule has 1 fully saturated rings. The van der Waals surface area contributed by atoms with Crippen LogP contribution in [0.25, 0.3) is 0 Å². The minimum atomic E-state index is -4.28. The number of fused-ring (bicyclic) bond motifs is 1. The van der Waals surface area contributed by atoms with Gasteiger partial charge in [-0.3, -0.25) is 19.0 Å². The molecule has 0 radical (unpaired) electrons. The minimum absolute atomic E-state index is 0.190. The average Bonchev–Trinajstić information content (AvgIpc) is 2.94. The van der Waals surface area contributed by atoms with Crippen molar-refractivity contribution in [3.63, 3.8) is 0 Å². The molecule has 8 heteroatoms. The Hall–Kier alpha value is -1.53. The molecule has 7 nitrogen and oxygen atoms in total. The van der Waals surface area contributed by atoms with Crippen molar-refractivity contribution in [1.82, 2.24) is 9.57 Å². The fraction of sp³-hybridized carbons (Fsp3) is 0.667. The van der Waals surface area contributed by atoms with E-state index in [4.69, 9.17) is 4.52 Å². The average molecular weight is 465 g/mol. The highest BCUT2D eigenvalue weighted by molar-refractivity contribution is 7.50. The lowest BCUT2D eigenvalue weighted by atomic mass is 9.70. The van der Waals surface area contributed by atoms with Crippen molar-refractivity contribution in [3.05, 3.63) is 35.4 Å². The van der Waals surface area contributed by atoms with E-state index in [9.17, 15) is 19.0 Å². The second kappa shape index (κ2) is 9.38. The van der Waals surface area contributed by atoms with Crippen molar-refractivity contribution in [2.45, 2.75) is 66.3 Å². The van der Waals surface area contributed by atoms with Crippen LogP contribution < -0.4 is 0 Å². The van der Waals surface area contributed by atoms with Crippen LogP contribution >= 0.6 is 7.75 Å². The van der Waals surface area contributed by atoms with E-state index >= 15 is 0 Å². The van der Waals surface area contributed by atoms with E-state index in [0.717, 1.165) is 17.7 Å². The molecule has 178 valence electrons. The molecule has 3 rings (SSSR count). The van der Waals surface area contributed by atoms with Gasteiger partial charge in [0.1, 0.15) is 0 Å². The molecule has 1 aliphatic carbocycles. The maximum atomic E-state index is 13.4. The van der Waals surface area contributed by atoms with Crippen molar-refractivity contribution >= 4 is 19.6 Å². The summed E-state index contributed by atoms with van der Waals surface area (Å²) in [7, 11) is -4.28. The Balaban J connectivity index is 1.78. The SMILES string of the molecule is CC1CCC(C(C)C)C(COP(=O)(O)N(CN2C(=O)c3ccccc3C2=O)C(C)(C)C)C1. The van der Waals surface area contributed by atoms with Crippen LogP contribution in [-0.4, -0.2) is 45.1 Å². The molecular formula is C24H37N2O5P. The molecule has 32 heavy (non-hydrogen) atoms. The molecule has 2 aliphatic rings. The van der Waals surface area contributed by atoms with Gasteiger partial charge in [0.25, 0.3) is 11.8 Å². The smallest absolute Gasteiger partial charge is 0.312 e. The van der Waals surface area contributed by atoms with Gasteiger partial charge >= 0.3 is 7.75 Å². The van der Waals surface area contributed by atoms with Crippen molar-refractivity contribution in [1.29, 1.82) is 0 Å². The lowest BCUT2D eigenvalue weighted by molar-refractivity contribution is 0.0437. The fourth-order valence-electron chi connectivity index (χ4n) is 5.03. The Labute approximate surface area is 191 Å². The third-order valence-corrected chi connectivity index (χ3v) is 8.67. The van der Waals surface area contributed by atoms with Gasteiger partial charge in [-0.15, -0.1) is 0 Å². The molecule has 0 spiro atoms. The van der Waals surface area contributed by atoms with Crippen LogP contribution in [0.5, 0.6) is 0 Å². The number of amides is 2. The number of carbonyl (C=O) groups excluding carboxylic acids is 2. The molecule has 1 heterocycles. The van der Waals surface area contributed by atoms with Crippen LogP contribution in [0.4, 0.5) is 0 Å². The molecule has 1 aromatic rings. The molecule has 0 saturated heterocycles. The largest absolute Gasteiger partial charge is 0.407 e. The normalized spacial score (nSPS) is 26.0. The quantitative estimate of drug-likeness (QED) is 0.443. The first-order chi connectivity index (χ1) is 14.8. The maximum absolute atomic E-state index is 13.4. The summed E-state index contributed by atoms with van der Waals surface area (Å²) in [6.07, 6.45) is 3.24. The van der Waals surface area contributed by atoms with Gasteiger partial charge in [-0.1, -0.05) is 39.3 Å². The summed E-state index contributed by atoms with van der Waals surface area (Å²) in [4.78, 5) is 37.7. The van der Waals surface area contributed by atoms with Gasteiger partial charge < -0.3 is 4.89 Å². The topological polar surface area (TPSA) is 87.2 Å². The predicted molar refractivity (Wildman–Crippen MR) is 124 cm³/mol. The summed E-state index contributed by atoms with van der Waals surface area (Å²) in [6, 6.07) is 6.60. The minimum Gasteiger partial charge on any atom is -0.312 e. The lowest BCUT2D eigenvalue weighted by Gasteiger charge is -2.41. The molecule has 0 aromatic heterocycles. The van der Waals surface area contributed by atoms with Crippen LogP contribution in [0.1, 0.15) is 81.5 Å². The van der Waals surface area contributed by atoms with Crippen molar-refractivity contribution in [2.24, 2.45) is 23.7 Å². The summed E-state index contributed by atoms with van der Waals surface area (Å²) < 4.78 is 20.4. The number of hydrogen-bond donors (Lipinski definition) is 1.